The molecule has 66 valence electrons. The Bertz CT molecular complexity index is 218. The molecule has 0 N–H and O–H groups in total. The number of rotatable bonds is 2. The van der Waals surface area contributed by atoms with Crippen molar-refractivity contribution in [3.63, 3.8) is 0 Å². The Morgan fingerprint density at radius 1 is 1.67 bits per heavy atom. The lowest BCUT2D eigenvalue weighted by Gasteiger charge is -2.38. The molecule has 1 saturated heterocycles. The van der Waals surface area contributed by atoms with E-state index in [-0.39, 0.29) is 25.4 Å². The Morgan fingerprint density at radius 3 is 2.67 bits per heavy atom. The molecule has 0 unspecified atom stereocenters. The van der Waals surface area contributed by atoms with Gasteiger partial charge in [-0.05, 0) is 0 Å². The zero-order chi connectivity index (χ0) is 9.14. The van der Waals surface area contributed by atoms with E-state index in [1.165, 1.54) is 4.90 Å². The smallest absolute Gasteiger partial charge is 0.244 e. The van der Waals surface area contributed by atoms with E-state index in [9.17, 15) is 13.6 Å². The average molecular weight is 174 g/mol. The third-order valence-electron chi connectivity index (χ3n) is 1.85. The number of amides is 1. The van der Waals surface area contributed by atoms with E-state index in [1.807, 2.05) is 0 Å². The molecule has 1 heterocycles. The number of halogens is 2. The zero-order valence-electron chi connectivity index (χ0n) is 6.33. The number of carbonyl (C=O) groups excluding carboxylic acids is 1. The van der Waals surface area contributed by atoms with Crippen molar-refractivity contribution in [2.24, 2.45) is 5.92 Å². The topological polar surface area (TPSA) is 44.1 Å². The minimum atomic E-state index is -2.35. The summed E-state index contributed by atoms with van der Waals surface area (Å²) >= 11 is 0. The standard InChI is InChI=1S/C7H8F2N2O/c8-7(9)5-3-11(4-5)6(12)1-2-10/h5,7H,1,3-4H2. The number of likely N-dealkylation sites (tertiary alicyclic amines) is 1. The lowest BCUT2D eigenvalue weighted by molar-refractivity contribution is -0.140. The molecule has 0 atom stereocenters. The van der Waals surface area contributed by atoms with Crippen molar-refractivity contribution in [1.82, 2.24) is 4.90 Å². The molecule has 5 heteroatoms. The number of nitrogens with zero attached hydrogens (tertiary/aromatic N) is 2. The number of alkyl halides is 2. The Morgan fingerprint density at radius 2 is 2.25 bits per heavy atom. The second kappa shape index (κ2) is 3.48. The number of nitriles is 1. The Hall–Kier alpha value is -1.18. The summed E-state index contributed by atoms with van der Waals surface area (Å²) in [5.41, 5.74) is 0. The predicted octanol–water partition coefficient (Wildman–Crippen LogP) is 0.624. The van der Waals surface area contributed by atoms with Crippen LogP contribution in [0.2, 0.25) is 0 Å². The SMILES string of the molecule is N#CCC(=O)N1CC(C(F)F)C1. The highest BCUT2D eigenvalue weighted by Crippen LogP contribution is 2.22. The quantitative estimate of drug-likeness (QED) is 0.616. The van der Waals surface area contributed by atoms with Crippen molar-refractivity contribution in [1.29, 1.82) is 5.26 Å². The normalized spacial score (nSPS) is 17.3. The van der Waals surface area contributed by atoms with Crippen molar-refractivity contribution in [2.75, 3.05) is 13.1 Å². The van der Waals surface area contributed by atoms with Crippen LogP contribution in [-0.2, 0) is 4.79 Å². The van der Waals surface area contributed by atoms with E-state index >= 15 is 0 Å². The Balaban J connectivity index is 2.26. The Kier molecular flexibility index (Phi) is 2.58. The van der Waals surface area contributed by atoms with Crippen molar-refractivity contribution in [2.45, 2.75) is 12.8 Å². The molecule has 0 aromatic heterocycles. The molecule has 12 heavy (non-hydrogen) atoms. The third kappa shape index (κ3) is 1.70. The van der Waals surface area contributed by atoms with Gasteiger partial charge in [0.05, 0.1) is 12.0 Å². The van der Waals surface area contributed by atoms with Gasteiger partial charge in [-0.1, -0.05) is 0 Å². The van der Waals surface area contributed by atoms with Crippen molar-refractivity contribution < 1.29 is 13.6 Å². The fraction of sp³-hybridized carbons (Fsp3) is 0.714. The summed E-state index contributed by atoms with van der Waals surface area (Å²) < 4.78 is 23.8. The van der Waals surface area contributed by atoms with Gasteiger partial charge >= 0.3 is 0 Å². The predicted molar refractivity (Wildman–Crippen MR) is 36.3 cm³/mol. The van der Waals surface area contributed by atoms with Gasteiger partial charge < -0.3 is 4.90 Å². The van der Waals surface area contributed by atoms with Gasteiger partial charge in [0.15, 0.2) is 0 Å². The van der Waals surface area contributed by atoms with Gasteiger partial charge in [0.2, 0.25) is 12.3 Å². The fourth-order valence-corrected chi connectivity index (χ4v) is 1.06. The molecule has 1 rings (SSSR count). The minimum Gasteiger partial charge on any atom is -0.341 e. The van der Waals surface area contributed by atoms with E-state index in [1.54, 1.807) is 6.07 Å². The monoisotopic (exact) mass is 174 g/mol. The Labute approximate surface area is 68.6 Å². The molecule has 0 aromatic rings. The van der Waals surface area contributed by atoms with Crippen LogP contribution < -0.4 is 0 Å². The average Bonchev–Trinajstić information content (AvgIpc) is 1.82. The largest absolute Gasteiger partial charge is 0.341 e. The highest BCUT2D eigenvalue weighted by atomic mass is 19.3. The van der Waals surface area contributed by atoms with Crippen molar-refractivity contribution in [3.8, 4) is 6.07 Å². The van der Waals surface area contributed by atoms with E-state index in [4.69, 9.17) is 5.26 Å². The lowest BCUT2D eigenvalue weighted by Crippen LogP contribution is -2.52. The molecule has 0 spiro atoms. The molecule has 0 bridgehead atoms. The number of hydrogen-bond donors (Lipinski definition) is 0. The highest BCUT2D eigenvalue weighted by molar-refractivity contribution is 5.79. The maximum absolute atomic E-state index is 11.9. The van der Waals surface area contributed by atoms with Crippen LogP contribution in [0, 0.1) is 17.2 Å². The zero-order valence-corrected chi connectivity index (χ0v) is 6.33. The van der Waals surface area contributed by atoms with Crippen molar-refractivity contribution in [3.05, 3.63) is 0 Å². The van der Waals surface area contributed by atoms with Crippen LogP contribution in [0.15, 0.2) is 0 Å². The molecule has 0 radical (unpaired) electrons. The maximum Gasteiger partial charge on any atom is 0.244 e. The fourth-order valence-electron chi connectivity index (χ4n) is 1.06. The van der Waals surface area contributed by atoms with Gasteiger partial charge in [-0.2, -0.15) is 5.26 Å². The number of hydrogen-bond acceptors (Lipinski definition) is 2. The first-order valence-electron chi connectivity index (χ1n) is 3.58. The van der Waals surface area contributed by atoms with Gasteiger partial charge in [0.1, 0.15) is 6.42 Å². The maximum atomic E-state index is 11.9. The first-order valence-corrected chi connectivity index (χ1v) is 3.58. The second-order valence-corrected chi connectivity index (χ2v) is 2.73. The van der Waals surface area contributed by atoms with E-state index in [0.29, 0.717) is 0 Å². The molecule has 1 fully saturated rings. The third-order valence-corrected chi connectivity index (χ3v) is 1.85. The van der Waals surface area contributed by atoms with Crippen LogP contribution in [0.4, 0.5) is 8.78 Å². The van der Waals surface area contributed by atoms with Gasteiger partial charge in [-0.25, -0.2) is 8.78 Å². The summed E-state index contributed by atoms with van der Waals surface area (Å²) in [4.78, 5) is 12.1. The van der Waals surface area contributed by atoms with Crippen LogP contribution >= 0.6 is 0 Å². The summed E-state index contributed by atoms with van der Waals surface area (Å²) in [6.45, 7) is 0.191. The first kappa shape index (κ1) is 8.91. The molecule has 0 aliphatic carbocycles. The van der Waals surface area contributed by atoms with Crippen LogP contribution in [0.5, 0.6) is 0 Å². The van der Waals surface area contributed by atoms with Gasteiger partial charge in [-0.3, -0.25) is 4.79 Å². The van der Waals surface area contributed by atoms with Gasteiger partial charge in [-0.15, -0.1) is 0 Å². The van der Waals surface area contributed by atoms with E-state index in [2.05, 4.69) is 0 Å². The van der Waals surface area contributed by atoms with Crippen LogP contribution in [0.3, 0.4) is 0 Å². The second-order valence-electron chi connectivity index (χ2n) is 2.73. The minimum absolute atomic E-state index is 0.0954. The summed E-state index contributed by atoms with van der Waals surface area (Å²) in [6.07, 6.45) is -2.56. The molecule has 1 amide bonds. The molecule has 1 aliphatic rings. The van der Waals surface area contributed by atoms with Crippen molar-refractivity contribution >= 4 is 5.91 Å². The lowest BCUT2D eigenvalue weighted by atomic mass is 10.0. The van der Waals surface area contributed by atoms with E-state index < -0.39 is 12.3 Å². The van der Waals surface area contributed by atoms with Crippen LogP contribution in [-0.4, -0.2) is 30.3 Å². The molecule has 1 aliphatic heterocycles. The molecular weight excluding hydrogens is 166 g/mol. The molecule has 0 aromatic carbocycles. The summed E-state index contributed by atoms with van der Waals surface area (Å²) in [7, 11) is 0. The molecular formula is C7H8F2N2O. The summed E-state index contributed by atoms with van der Waals surface area (Å²) in [5.74, 6) is -1.04. The highest BCUT2D eigenvalue weighted by Gasteiger charge is 2.36. The van der Waals surface area contributed by atoms with Gasteiger partial charge in [0.25, 0.3) is 0 Å². The van der Waals surface area contributed by atoms with E-state index in [0.717, 1.165) is 0 Å². The summed E-state index contributed by atoms with van der Waals surface area (Å²) in [6, 6.07) is 1.68. The van der Waals surface area contributed by atoms with Crippen LogP contribution in [0.1, 0.15) is 6.42 Å². The first-order chi connectivity index (χ1) is 5.65. The van der Waals surface area contributed by atoms with Gasteiger partial charge in [0, 0.05) is 13.1 Å². The molecule has 3 nitrogen and oxygen atoms in total. The summed E-state index contributed by atoms with van der Waals surface area (Å²) in [5, 5.41) is 8.13. The number of carbonyl (C=O) groups is 1. The van der Waals surface area contributed by atoms with Crippen LogP contribution in [0.25, 0.3) is 0 Å². The molecule has 0 saturated carbocycles.